The Balaban J connectivity index is 3.11. The highest BCUT2D eigenvalue weighted by molar-refractivity contribution is 6.00. The summed E-state index contributed by atoms with van der Waals surface area (Å²) >= 11 is 0. The number of aliphatic hydroxyl groups is 2. The second kappa shape index (κ2) is 6.96. The maximum Gasteiger partial charge on any atom is 0.256 e. The Morgan fingerprint density at radius 1 is 1.21 bits per heavy atom. The lowest BCUT2D eigenvalue weighted by molar-refractivity contribution is 0.0685. The average Bonchev–Trinajstić information content (AvgIpc) is 2.37. The molecule has 0 fully saturated rings. The van der Waals surface area contributed by atoms with E-state index in [0.717, 1.165) is 5.69 Å². The molecule has 1 aromatic rings. The molecule has 4 N–H and O–H groups in total. The number of carbonyl (C=O) groups excluding carboxylic acids is 1. The van der Waals surface area contributed by atoms with Gasteiger partial charge in [-0.15, -0.1) is 0 Å². The van der Waals surface area contributed by atoms with E-state index >= 15 is 0 Å². The monoisotopic (exact) mass is 267 g/mol. The number of nitrogen functional groups attached to an aromatic ring is 1. The van der Waals surface area contributed by atoms with Crippen molar-refractivity contribution >= 4 is 17.3 Å². The predicted molar refractivity (Wildman–Crippen MR) is 75.3 cm³/mol. The Labute approximate surface area is 113 Å². The molecule has 6 heteroatoms. The fourth-order valence-corrected chi connectivity index (χ4v) is 1.84. The Morgan fingerprint density at radius 3 is 2.26 bits per heavy atom. The first kappa shape index (κ1) is 15.3. The topological polar surface area (TPSA) is 90.0 Å². The van der Waals surface area contributed by atoms with E-state index in [1.54, 1.807) is 18.2 Å². The third kappa shape index (κ3) is 3.84. The second-order valence-electron chi connectivity index (χ2n) is 4.41. The van der Waals surface area contributed by atoms with Crippen LogP contribution in [0.5, 0.6) is 0 Å². The lowest BCUT2D eigenvalue weighted by Crippen LogP contribution is -2.36. The molecule has 0 heterocycles. The van der Waals surface area contributed by atoms with Crippen molar-refractivity contribution in [2.45, 2.75) is 0 Å². The Kier molecular flexibility index (Phi) is 5.59. The lowest BCUT2D eigenvalue weighted by Gasteiger charge is -2.24. The molecule has 0 radical (unpaired) electrons. The molecular weight excluding hydrogens is 246 g/mol. The van der Waals surface area contributed by atoms with Crippen molar-refractivity contribution in [3.05, 3.63) is 23.8 Å². The van der Waals surface area contributed by atoms with Crippen LogP contribution in [-0.2, 0) is 0 Å². The Bertz CT molecular complexity index is 429. The molecule has 1 amide bonds. The van der Waals surface area contributed by atoms with Gasteiger partial charge in [-0.3, -0.25) is 4.79 Å². The molecule has 0 aliphatic rings. The molecule has 0 aromatic heterocycles. The number of benzene rings is 1. The maximum atomic E-state index is 12.4. The van der Waals surface area contributed by atoms with Crippen LogP contribution < -0.4 is 10.6 Å². The van der Waals surface area contributed by atoms with Crippen molar-refractivity contribution in [2.75, 3.05) is 51.0 Å². The van der Waals surface area contributed by atoms with Gasteiger partial charge < -0.3 is 25.7 Å². The number of rotatable bonds is 6. The van der Waals surface area contributed by atoms with Crippen molar-refractivity contribution in [1.29, 1.82) is 0 Å². The number of anilines is 2. The minimum absolute atomic E-state index is 0.147. The maximum absolute atomic E-state index is 12.4. The van der Waals surface area contributed by atoms with E-state index < -0.39 is 0 Å². The zero-order valence-corrected chi connectivity index (χ0v) is 11.3. The van der Waals surface area contributed by atoms with Gasteiger partial charge in [-0.25, -0.2) is 0 Å². The Hall–Kier alpha value is -1.79. The predicted octanol–water partition coefficient (Wildman–Crippen LogP) is -0.238. The van der Waals surface area contributed by atoms with Crippen LogP contribution in [0.1, 0.15) is 10.4 Å². The smallest absolute Gasteiger partial charge is 0.256 e. The molecular formula is C13H21N3O3. The zero-order chi connectivity index (χ0) is 14.4. The number of hydrogen-bond donors (Lipinski definition) is 3. The van der Waals surface area contributed by atoms with Crippen LogP contribution in [0.3, 0.4) is 0 Å². The molecule has 0 unspecified atom stereocenters. The van der Waals surface area contributed by atoms with E-state index in [4.69, 9.17) is 15.9 Å². The minimum Gasteiger partial charge on any atom is -0.399 e. The standard InChI is InChI=1S/C13H21N3O3/c1-15(2)12-4-3-10(14)9-11(12)13(19)16(5-7-17)6-8-18/h3-4,9,17-18H,5-8,14H2,1-2H3. The van der Waals surface area contributed by atoms with Crippen molar-refractivity contribution in [2.24, 2.45) is 0 Å². The van der Waals surface area contributed by atoms with Gasteiger partial charge in [0.05, 0.1) is 18.8 Å². The van der Waals surface area contributed by atoms with Gasteiger partial charge in [0.2, 0.25) is 0 Å². The van der Waals surface area contributed by atoms with Gasteiger partial charge >= 0.3 is 0 Å². The van der Waals surface area contributed by atoms with E-state index in [0.29, 0.717) is 11.3 Å². The minimum atomic E-state index is -0.251. The van der Waals surface area contributed by atoms with E-state index in [1.165, 1.54) is 4.90 Å². The number of hydrogen-bond acceptors (Lipinski definition) is 5. The first-order valence-corrected chi connectivity index (χ1v) is 6.09. The van der Waals surface area contributed by atoms with Crippen LogP contribution in [0, 0.1) is 0 Å². The van der Waals surface area contributed by atoms with Crippen molar-refractivity contribution < 1.29 is 15.0 Å². The largest absolute Gasteiger partial charge is 0.399 e. The van der Waals surface area contributed by atoms with Gasteiger partial charge in [0.1, 0.15) is 0 Å². The highest BCUT2D eigenvalue weighted by Crippen LogP contribution is 2.23. The van der Waals surface area contributed by atoms with Crippen LogP contribution in [0.2, 0.25) is 0 Å². The molecule has 1 rings (SSSR count). The third-order valence-electron chi connectivity index (χ3n) is 2.76. The highest BCUT2D eigenvalue weighted by atomic mass is 16.3. The van der Waals surface area contributed by atoms with Gasteiger partial charge in [0.25, 0.3) is 5.91 Å². The number of amides is 1. The first-order chi connectivity index (χ1) is 9.01. The molecule has 0 saturated carbocycles. The van der Waals surface area contributed by atoms with E-state index in [9.17, 15) is 4.79 Å². The van der Waals surface area contributed by atoms with Gasteiger partial charge in [-0.05, 0) is 18.2 Å². The van der Waals surface area contributed by atoms with E-state index in [-0.39, 0.29) is 32.2 Å². The SMILES string of the molecule is CN(C)c1ccc(N)cc1C(=O)N(CCO)CCO. The van der Waals surface area contributed by atoms with Crippen molar-refractivity contribution in [1.82, 2.24) is 4.90 Å². The van der Waals surface area contributed by atoms with Crippen LogP contribution in [0.25, 0.3) is 0 Å². The molecule has 1 aromatic carbocycles. The molecule has 0 saturated heterocycles. The van der Waals surface area contributed by atoms with E-state index in [2.05, 4.69) is 0 Å². The summed E-state index contributed by atoms with van der Waals surface area (Å²) in [7, 11) is 3.68. The van der Waals surface area contributed by atoms with Crippen molar-refractivity contribution in [3.8, 4) is 0 Å². The van der Waals surface area contributed by atoms with E-state index in [1.807, 2.05) is 19.0 Å². The summed E-state index contributed by atoms with van der Waals surface area (Å²) in [5.41, 5.74) is 7.44. The van der Waals surface area contributed by atoms with Gasteiger partial charge in [0.15, 0.2) is 0 Å². The van der Waals surface area contributed by atoms with Crippen LogP contribution in [0.15, 0.2) is 18.2 Å². The van der Waals surface area contributed by atoms with Crippen LogP contribution in [-0.4, -0.2) is 61.4 Å². The number of nitrogens with zero attached hydrogens (tertiary/aromatic N) is 2. The second-order valence-corrected chi connectivity index (χ2v) is 4.41. The van der Waals surface area contributed by atoms with Crippen LogP contribution >= 0.6 is 0 Å². The number of nitrogens with two attached hydrogens (primary N) is 1. The number of carbonyl (C=O) groups is 1. The molecule has 0 bridgehead atoms. The van der Waals surface area contributed by atoms with Crippen LogP contribution in [0.4, 0.5) is 11.4 Å². The summed E-state index contributed by atoms with van der Waals surface area (Å²) in [6, 6.07) is 5.12. The quantitative estimate of drug-likeness (QED) is 0.619. The lowest BCUT2D eigenvalue weighted by atomic mass is 10.1. The average molecular weight is 267 g/mol. The molecule has 6 nitrogen and oxygen atoms in total. The fraction of sp³-hybridized carbons (Fsp3) is 0.462. The molecule has 0 aliphatic heterocycles. The summed E-state index contributed by atoms with van der Waals surface area (Å²) in [6.45, 7) is 0.0683. The highest BCUT2D eigenvalue weighted by Gasteiger charge is 2.19. The van der Waals surface area contributed by atoms with Crippen molar-refractivity contribution in [3.63, 3.8) is 0 Å². The molecule has 19 heavy (non-hydrogen) atoms. The summed E-state index contributed by atoms with van der Waals surface area (Å²) in [5, 5.41) is 18.0. The molecule has 0 spiro atoms. The zero-order valence-electron chi connectivity index (χ0n) is 11.3. The van der Waals surface area contributed by atoms with Gasteiger partial charge in [-0.2, -0.15) is 0 Å². The summed E-state index contributed by atoms with van der Waals surface area (Å²) in [5.74, 6) is -0.251. The molecule has 106 valence electrons. The normalized spacial score (nSPS) is 10.3. The van der Waals surface area contributed by atoms with Gasteiger partial charge in [0, 0.05) is 38.6 Å². The van der Waals surface area contributed by atoms with Gasteiger partial charge in [-0.1, -0.05) is 0 Å². The summed E-state index contributed by atoms with van der Waals surface area (Å²) < 4.78 is 0. The Morgan fingerprint density at radius 2 is 1.79 bits per heavy atom. The molecule has 0 atom stereocenters. The summed E-state index contributed by atoms with van der Waals surface area (Å²) in [4.78, 5) is 15.7. The third-order valence-corrected chi connectivity index (χ3v) is 2.76. The number of aliphatic hydroxyl groups excluding tert-OH is 2. The first-order valence-electron chi connectivity index (χ1n) is 6.09. The summed E-state index contributed by atoms with van der Waals surface area (Å²) in [6.07, 6.45) is 0. The fourth-order valence-electron chi connectivity index (χ4n) is 1.84. The molecule has 0 aliphatic carbocycles.